The molecule has 0 spiro atoms. The number of rotatable bonds is 2. The van der Waals surface area contributed by atoms with Crippen LogP contribution >= 0.6 is 0 Å². The third-order valence-corrected chi connectivity index (χ3v) is 0.676. The molecule has 1 N–H and O–H groups in total. The monoisotopic (exact) mass is 98.1 g/mol. The summed E-state index contributed by atoms with van der Waals surface area (Å²) in [6, 6.07) is 0. The van der Waals surface area contributed by atoms with Gasteiger partial charge < -0.3 is 0 Å². The van der Waals surface area contributed by atoms with E-state index in [0.717, 1.165) is 12.1 Å². The van der Waals surface area contributed by atoms with Crippen molar-refractivity contribution < 1.29 is 0 Å². The summed E-state index contributed by atoms with van der Waals surface area (Å²) < 4.78 is 0. The molecule has 7 heavy (non-hydrogen) atoms. The van der Waals surface area contributed by atoms with Crippen LogP contribution in [0.1, 0.15) is 20.3 Å². The lowest BCUT2D eigenvalue weighted by Gasteiger charge is -1.81. The minimum absolute atomic E-state index is 0.794. The molecular weight excluding hydrogens is 88.1 g/mol. The van der Waals surface area contributed by atoms with Crippen molar-refractivity contribution >= 4 is 0 Å². The average Bonchev–Trinajstić information content (AvgIpc) is 1.68. The summed E-state index contributed by atoms with van der Waals surface area (Å²) in [5, 5.41) is 3.19. The fourth-order valence-electron chi connectivity index (χ4n) is 0.341. The lowest BCUT2D eigenvalue weighted by molar-refractivity contribution is 1.03. The van der Waals surface area contributed by atoms with Gasteiger partial charge in [-0.25, -0.2) is 5.53 Å². The Morgan fingerprint density at radius 3 is 2.57 bits per heavy atom. The summed E-state index contributed by atoms with van der Waals surface area (Å²) in [5.41, 5.74) is 7.26. The molecule has 0 atom stereocenters. The van der Waals surface area contributed by atoms with E-state index in [4.69, 9.17) is 5.53 Å². The maximum Gasteiger partial charge on any atom is 0.0552 e. The highest BCUT2D eigenvalue weighted by Gasteiger charge is 1.74. The second-order valence-corrected chi connectivity index (χ2v) is 1.37. The van der Waals surface area contributed by atoms with E-state index in [-0.39, 0.29) is 0 Å². The van der Waals surface area contributed by atoms with Crippen LogP contribution in [-0.4, -0.2) is 0 Å². The van der Waals surface area contributed by atoms with Gasteiger partial charge in [0.15, 0.2) is 0 Å². The Labute approximate surface area is 43.7 Å². The van der Waals surface area contributed by atoms with Crippen molar-refractivity contribution in [3.8, 4) is 0 Å². The zero-order valence-electron chi connectivity index (χ0n) is 4.73. The predicted octanol–water partition coefficient (Wildman–Crippen LogP) is 2.33. The highest BCUT2D eigenvalue weighted by molar-refractivity contribution is 4.92. The van der Waals surface area contributed by atoms with E-state index >= 15 is 0 Å². The molecule has 0 aliphatic rings. The van der Waals surface area contributed by atoms with Gasteiger partial charge in [0.05, 0.1) is 5.70 Å². The van der Waals surface area contributed by atoms with E-state index < -0.39 is 0 Å². The van der Waals surface area contributed by atoms with Crippen LogP contribution in [-0.2, 0) is 0 Å². The molecule has 0 radical (unpaired) electrons. The molecule has 0 aliphatic carbocycles. The van der Waals surface area contributed by atoms with Gasteiger partial charge in [0.1, 0.15) is 0 Å². The van der Waals surface area contributed by atoms with Crippen LogP contribution in [0, 0.1) is 5.53 Å². The van der Waals surface area contributed by atoms with Gasteiger partial charge in [-0.15, -0.1) is 0 Å². The maximum absolute atomic E-state index is 6.47. The zero-order chi connectivity index (χ0) is 5.70. The van der Waals surface area contributed by atoms with Gasteiger partial charge in [0, 0.05) is 0 Å². The molecule has 0 aliphatic heterocycles. The minimum Gasteiger partial charge on any atom is -0.205 e. The van der Waals surface area contributed by atoms with Crippen molar-refractivity contribution in [3.63, 3.8) is 0 Å². The third-order valence-electron chi connectivity index (χ3n) is 0.676. The number of hydrogen-bond acceptors (Lipinski definition) is 2. The second kappa shape index (κ2) is 3.53. The Balaban J connectivity index is 3.49. The molecule has 0 amide bonds. The quantitative estimate of drug-likeness (QED) is 0.514. The molecule has 2 heteroatoms. The van der Waals surface area contributed by atoms with Crippen molar-refractivity contribution in [2.45, 2.75) is 20.3 Å². The molecule has 0 saturated carbocycles. The number of nitrogens with zero attached hydrogens (tertiary/aromatic N) is 1. The van der Waals surface area contributed by atoms with Crippen molar-refractivity contribution in [2.24, 2.45) is 5.11 Å². The highest BCUT2D eigenvalue weighted by Crippen LogP contribution is 1.93. The summed E-state index contributed by atoms with van der Waals surface area (Å²) in [4.78, 5) is 0. The average molecular weight is 98.1 g/mol. The van der Waals surface area contributed by atoms with Crippen LogP contribution in [0.25, 0.3) is 0 Å². The Kier molecular flexibility index (Phi) is 3.19. The molecule has 0 fully saturated rings. The highest BCUT2D eigenvalue weighted by atomic mass is 15.0. The fraction of sp³-hybridized carbons (Fsp3) is 0.600. The van der Waals surface area contributed by atoms with Crippen molar-refractivity contribution in [1.29, 1.82) is 5.53 Å². The zero-order valence-corrected chi connectivity index (χ0v) is 4.73. The summed E-state index contributed by atoms with van der Waals surface area (Å²) in [6.45, 7) is 3.84. The van der Waals surface area contributed by atoms with E-state index in [0.29, 0.717) is 0 Å². The Bertz CT molecular complexity index is 84.1. The molecule has 0 bridgehead atoms. The van der Waals surface area contributed by atoms with Crippen molar-refractivity contribution in [2.75, 3.05) is 0 Å². The van der Waals surface area contributed by atoms with Gasteiger partial charge in [-0.05, 0) is 13.3 Å². The largest absolute Gasteiger partial charge is 0.205 e. The van der Waals surface area contributed by atoms with Gasteiger partial charge in [-0.3, -0.25) is 0 Å². The third kappa shape index (κ3) is 3.16. The maximum atomic E-state index is 6.47. The molecule has 0 rings (SSSR count). The molecule has 40 valence electrons. The van der Waals surface area contributed by atoms with Crippen LogP contribution in [0.15, 0.2) is 16.9 Å². The Morgan fingerprint density at radius 1 is 1.86 bits per heavy atom. The summed E-state index contributed by atoms with van der Waals surface area (Å²) in [5.74, 6) is 0. The molecule has 0 aromatic rings. The SMILES string of the molecule is CC/C=C(\C)N=N. The molecule has 2 nitrogen and oxygen atoms in total. The van der Waals surface area contributed by atoms with Crippen LogP contribution in [0.2, 0.25) is 0 Å². The van der Waals surface area contributed by atoms with Gasteiger partial charge in [0.25, 0.3) is 0 Å². The first-order valence-electron chi connectivity index (χ1n) is 2.35. The van der Waals surface area contributed by atoms with E-state index in [1.54, 1.807) is 0 Å². The second-order valence-electron chi connectivity index (χ2n) is 1.37. The standard InChI is InChI=1S/C5H10N2/c1-3-4-5(2)7-6/h4,6H,3H2,1-2H3/b5-4+,7-6?. The Morgan fingerprint density at radius 2 is 2.43 bits per heavy atom. The number of nitrogens with one attached hydrogen (secondary N) is 1. The predicted molar refractivity (Wildman–Crippen MR) is 29.2 cm³/mol. The molecular formula is C5H10N2. The van der Waals surface area contributed by atoms with Crippen LogP contribution in [0.3, 0.4) is 0 Å². The van der Waals surface area contributed by atoms with Crippen LogP contribution < -0.4 is 0 Å². The smallest absolute Gasteiger partial charge is 0.0552 e. The molecule has 0 unspecified atom stereocenters. The molecule has 0 heterocycles. The molecule has 0 aromatic carbocycles. The Hall–Kier alpha value is -0.660. The van der Waals surface area contributed by atoms with Gasteiger partial charge in [-0.2, -0.15) is 5.11 Å². The lowest BCUT2D eigenvalue weighted by atomic mass is 10.4. The number of allylic oxidation sites excluding steroid dienone is 2. The van der Waals surface area contributed by atoms with Crippen LogP contribution in [0.4, 0.5) is 0 Å². The van der Waals surface area contributed by atoms with Crippen molar-refractivity contribution in [1.82, 2.24) is 0 Å². The first kappa shape index (κ1) is 6.34. The van der Waals surface area contributed by atoms with E-state index in [1.807, 2.05) is 19.9 Å². The summed E-state index contributed by atoms with van der Waals surface area (Å²) >= 11 is 0. The summed E-state index contributed by atoms with van der Waals surface area (Å²) in [6.07, 6.45) is 2.88. The lowest BCUT2D eigenvalue weighted by Crippen LogP contribution is -1.61. The van der Waals surface area contributed by atoms with E-state index in [9.17, 15) is 0 Å². The first-order valence-corrected chi connectivity index (χ1v) is 2.35. The van der Waals surface area contributed by atoms with E-state index in [1.165, 1.54) is 0 Å². The minimum atomic E-state index is 0.794. The van der Waals surface area contributed by atoms with Gasteiger partial charge >= 0.3 is 0 Å². The van der Waals surface area contributed by atoms with E-state index in [2.05, 4.69) is 5.11 Å². The first-order chi connectivity index (χ1) is 3.31. The topological polar surface area (TPSA) is 36.2 Å². The molecule has 0 aromatic heterocycles. The van der Waals surface area contributed by atoms with Gasteiger partial charge in [-0.1, -0.05) is 13.0 Å². The number of hydrogen-bond donors (Lipinski definition) is 1. The van der Waals surface area contributed by atoms with Crippen LogP contribution in [0.5, 0.6) is 0 Å². The fourth-order valence-corrected chi connectivity index (χ4v) is 0.341. The molecule has 0 saturated heterocycles. The summed E-state index contributed by atoms with van der Waals surface area (Å²) in [7, 11) is 0. The normalized spacial score (nSPS) is 11.4. The van der Waals surface area contributed by atoms with Gasteiger partial charge in [0.2, 0.25) is 0 Å². The van der Waals surface area contributed by atoms with Crippen molar-refractivity contribution in [3.05, 3.63) is 11.8 Å².